The van der Waals surface area contributed by atoms with Gasteiger partial charge in [-0.25, -0.2) is 0 Å². The van der Waals surface area contributed by atoms with Crippen LogP contribution in [0.15, 0.2) is 22.7 Å². The molecule has 1 aromatic rings. The fourth-order valence-corrected chi connectivity index (χ4v) is 3.14. The molecular weight excluding hydrogens is 300 g/mol. The summed E-state index contributed by atoms with van der Waals surface area (Å²) < 4.78 is 1.22. The molecule has 1 aromatic carbocycles. The largest absolute Gasteiger partial charge is 0.368 e. The molecule has 1 aliphatic carbocycles. The Bertz CT molecular complexity index is 415. The zero-order valence-electron chi connectivity index (χ0n) is 12.0. The van der Waals surface area contributed by atoms with Crippen LogP contribution in [-0.2, 0) is 6.42 Å². The molecule has 1 aliphatic rings. The smallest absolute Gasteiger partial charge is 0.0513 e. The molecule has 1 unspecified atom stereocenters. The quantitative estimate of drug-likeness (QED) is 0.817. The first-order valence-electron chi connectivity index (χ1n) is 7.46. The van der Waals surface area contributed by atoms with Crippen molar-refractivity contribution >= 4 is 21.6 Å². The van der Waals surface area contributed by atoms with E-state index in [0.717, 1.165) is 25.4 Å². The van der Waals surface area contributed by atoms with E-state index in [0.29, 0.717) is 0 Å². The maximum atomic E-state index is 6.03. The van der Waals surface area contributed by atoms with Crippen molar-refractivity contribution in [2.75, 3.05) is 11.4 Å². The van der Waals surface area contributed by atoms with Crippen LogP contribution < -0.4 is 10.6 Å². The first-order valence-corrected chi connectivity index (χ1v) is 8.25. The summed E-state index contributed by atoms with van der Waals surface area (Å²) in [4.78, 5) is 2.55. The van der Waals surface area contributed by atoms with Crippen LogP contribution in [0.4, 0.5) is 5.69 Å². The second kappa shape index (κ2) is 6.76. The van der Waals surface area contributed by atoms with E-state index in [1.54, 1.807) is 0 Å². The van der Waals surface area contributed by atoms with Gasteiger partial charge in [-0.15, -0.1) is 0 Å². The first-order chi connectivity index (χ1) is 9.15. The van der Waals surface area contributed by atoms with Crippen molar-refractivity contribution in [2.45, 2.75) is 58.0 Å². The van der Waals surface area contributed by atoms with Crippen molar-refractivity contribution in [2.24, 2.45) is 5.73 Å². The number of hydrogen-bond donors (Lipinski definition) is 1. The summed E-state index contributed by atoms with van der Waals surface area (Å²) in [7, 11) is 0. The summed E-state index contributed by atoms with van der Waals surface area (Å²) in [5.41, 5.74) is 8.71. The molecule has 2 rings (SSSR count). The molecule has 1 atom stereocenters. The summed E-state index contributed by atoms with van der Waals surface area (Å²) >= 11 is 3.74. The SMILES string of the molecule is CCCN(c1ccc(CC(N)CC)cc1Br)C1CC1. The summed E-state index contributed by atoms with van der Waals surface area (Å²) in [6, 6.07) is 7.78. The zero-order valence-corrected chi connectivity index (χ0v) is 13.6. The number of nitrogens with two attached hydrogens (primary N) is 1. The van der Waals surface area contributed by atoms with Crippen molar-refractivity contribution in [1.82, 2.24) is 0 Å². The molecular formula is C16H25BrN2. The minimum atomic E-state index is 0.271. The minimum Gasteiger partial charge on any atom is -0.368 e. The molecule has 0 bridgehead atoms. The Morgan fingerprint density at radius 1 is 1.37 bits per heavy atom. The van der Waals surface area contributed by atoms with Gasteiger partial charge in [0.25, 0.3) is 0 Å². The van der Waals surface area contributed by atoms with E-state index in [1.165, 1.54) is 35.0 Å². The molecule has 3 heteroatoms. The summed E-state index contributed by atoms with van der Waals surface area (Å²) in [6.07, 6.45) is 5.88. The van der Waals surface area contributed by atoms with Gasteiger partial charge in [-0.05, 0) is 65.7 Å². The summed E-state index contributed by atoms with van der Waals surface area (Å²) in [6.45, 7) is 5.54. The van der Waals surface area contributed by atoms with Gasteiger partial charge < -0.3 is 10.6 Å². The van der Waals surface area contributed by atoms with Crippen LogP contribution >= 0.6 is 15.9 Å². The van der Waals surface area contributed by atoms with Crippen LogP contribution in [0.3, 0.4) is 0 Å². The second-order valence-corrected chi connectivity index (χ2v) is 6.44. The Balaban J connectivity index is 2.13. The second-order valence-electron chi connectivity index (χ2n) is 5.58. The number of nitrogens with zero attached hydrogens (tertiary/aromatic N) is 1. The fourth-order valence-electron chi connectivity index (χ4n) is 2.48. The molecule has 1 saturated carbocycles. The zero-order chi connectivity index (χ0) is 13.8. The van der Waals surface area contributed by atoms with Crippen molar-refractivity contribution in [1.29, 1.82) is 0 Å². The number of rotatable bonds is 7. The van der Waals surface area contributed by atoms with Gasteiger partial charge in [-0.2, -0.15) is 0 Å². The topological polar surface area (TPSA) is 29.3 Å². The van der Waals surface area contributed by atoms with Crippen LogP contribution in [0.2, 0.25) is 0 Å². The van der Waals surface area contributed by atoms with Gasteiger partial charge in [-0.3, -0.25) is 0 Å². The highest BCUT2D eigenvalue weighted by molar-refractivity contribution is 9.10. The molecule has 0 aliphatic heterocycles. The third kappa shape index (κ3) is 3.96. The molecule has 0 spiro atoms. The normalized spacial score (nSPS) is 16.4. The molecule has 0 aromatic heterocycles. The third-order valence-corrected chi connectivity index (χ3v) is 4.43. The molecule has 19 heavy (non-hydrogen) atoms. The highest BCUT2D eigenvalue weighted by Gasteiger charge is 2.29. The molecule has 0 radical (unpaired) electrons. The van der Waals surface area contributed by atoms with Gasteiger partial charge in [0, 0.05) is 23.1 Å². The van der Waals surface area contributed by atoms with Crippen molar-refractivity contribution in [3.05, 3.63) is 28.2 Å². The summed E-state index contributed by atoms with van der Waals surface area (Å²) in [5, 5.41) is 0. The van der Waals surface area contributed by atoms with Gasteiger partial charge in [0.05, 0.1) is 5.69 Å². The maximum Gasteiger partial charge on any atom is 0.0513 e. The van der Waals surface area contributed by atoms with Crippen LogP contribution in [0, 0.1) is 0 Å². The number of hydrogen-bond acceptors (Lipinski definition) is 2. The number of anilines is 1. The van der Waals surface area contributed by atoms with Crippen LogP contribution in [0.1, 0.15) is 45.1 Å². The fraction of sp³-hybridized carbons (Fsp3) is 0.625. The standard InChI is InChI=1S/C16H25BrN2/c1-3-9-19(14-6-7-14)16-8-5-12(11-15(16)17)10-13(18)4-2/h5,8,11,13-14H,3-4,6-7,9-10,18H2,1-2H3. The Kier molecular flexibility index (Phi) is 5.28. The van der Waals surface area contributed by atoms with E-state index in [2.05, 4.69) is 52.9 Å². The molecule has 106 valence electrons. The Morgan fingerprint density at radius 2 is 2.11 bits per heavy atom. The van der Waals surface area contributed by atoms with Gasteiger partial charge in [-0.1, -0.05) is 19.9 Å². The summed E-state index contributed by atoms with van der Waals surface area (Å²) in [5.74, 6) is 0. The Labute approximate surface area is 125 Å². The van der Waals surface area contributed by atoms with Crippen molar-refractivity contribution in [3.8, 4) is 0 Å². The van der Waals surface area contributed by atoms with Crippen LogP contribution in [-0.4, -0.2) is 18.6 Å². The monoisotopic (exact) mass is 324 g/mol. The third-order valence-electron chi connectivity index (χ3n) is 3.80. The number of halogens is 1. The Hall–Kier alpha value is -0.540. The first kappa shape index (κ1) is 14.9. The lowest BCUT2D eigenvalue weighted by Crippen LogP contribution is -2.27. The lowest BCUT2D eigenvalue weighted by Gasteiger charge is -2.26. The van der Waals surface area contributed by atoms with E-state index in [-0.39, 0.29) is 6.04 Å². The molecule has 0 heterocycles. The lowest BCUT2D eigenvalue weighted by atomic mass is 10.0. The molecule has 2 N–H and O–H groups in total. The van der Waals surface area contributed by atoms with E-state index in [4.69, 9.17) is 5.73 Å². The van der Waals surface area contributed by atoms with E-state index in [9.17, 15) is 0 Å². The number of benzene rings is 1. The Morgan fingerprint density at radius 3 is 2.63 bits per heavy atom. The van der Waals surface area contributed by atoms with Gasteiger partial charge in [0.2, 0.25) is 0 Å². The van der Waals surface area contributed by atoms with Gasteiger partial charge in [0.1, 0.15) is 0 Å². The van der Waals surface area contributed by atoms with Gasteiger partial charge >= 0.3 is 0 Å². The molecule has 1 fully saturated rings. The predicted molar refractivity (Wildman–Crippen MR) is 86.8 cm³/mol. The van der Waals surface area contributed by atoms with Gasteiger partial charge in [0.15, 0.2) is 0 Å². The average Bonchev–Trinajstić information content (AvgIpc) is 3.21. The predicted octanol–water partition coefficient (Wildman–Crippen LogP) is 4.11. The van der Waals surface area contributed by atoms with Crippen molar-refractivity contribution in [3.63, 3.8) is 0 Å². The van der Waals surface area contributed by atoms with E-state index in [1.807, 2.05) is 0 Å². The molecule has 2 nitrogen and oxygen atoms in total. The van der Waals surface area contributed by atoms with Crippen molar-refractivity contribution < 1.29 is 0 Å². The van der Waals surface area contributed by atoms with Crippen LogP contribution in [0.25, 0.3) is 0 Å². The molecule has 0 amide bonds. The molecule has 0 saturated heterocycles. The highest BCUT2D eigenvalue weighted by Crippen LogP contribution is 2.36. The van der Waals surface area contributed by atoms with E-state index < -0.39 is 0 Å². The highest BCUT2D eigenvalue weighted by atomic mass is 79.9. The minimum absolute atomic E-state index is 0.271. The average molecular weight is 325 g/mol. The lowest BCUT2D eigenvalue weighted by molar-refractivity contribution is 0.646. The van der Waals surface area contributed by atoms with Crippen LogP contribution in [0.5, 0.6) is 0 Å². The maximum absolute atomic E-state index is 6.03. The van der Waals surface area contributed by atoms with E-state index >= 15 is 0 Å².